The molecule has 118 valence electrons. The van der Waals surface area contributed by atoms with Crippen LogP contribution in [0.2, 0.25) is 0 Å². The van der Waals surface area contributed by atoms with Gasteiger partial charge in [-0.1, -0.05) is 30.3 Å². The van der Waals surface area contributed by atoms with Crippen LogP contribution in [0.15, 0.2) is 30.3 Å². The Balaban J connectivity index is 1.80. The smallest absolute Gasteiger partial charge is 0.214 e. The van der Waals surface area contributed by atoms with E-state index in [1.807, 2.05) is 18.2 Å². The van der Waals surface area contributed by atoms with Crippen molar-refractivity contribution in [3.8, 4) is 0 Å². The molecule has 2 rings (SSSR count). The first-order valence-electron chi connectivity index (χ1n) is 7.47. The van der Waals surface area contributed by atoms with Gasteiger partial charge in [-0.3, -0.25) is 4.90 Å². The van der Waals surface area contributed by atoms with Crippen molar-refractivity contribution in [1.82, 2.24) is 9.21 Å². The Morgan fingerprint density at radius 2 is 1.67 bits per heavy atom. The highest BCUT2D eigenvalue weighted by molar-refractivity contribution is 7.89. The normalized spacial score (nSPS) is 18.0. The van der Waals surface area contributed by atoms with Crippen LogP contribution in [0.1, 0.15) is 18.4 Å². The highest BCUT2D eigenvalue weighted by atomic mass is 32.2. The summed E-state index contributed by atoms with van der Waals surface area (Å²) in [5, 5.41) is 8.73. The molecule has 0 bridgehead atoms. The summed E-state index contributed by atoms with van der Waals surface area (Å²) in [6.07, 6.45) is 1.08. The molecule has 0 unspecified atom stereocenters. The third-order valence-corrected chi connectivity index (χ3v) is 5.74. The molecule has 1 heterocycles. The highest BCUT2D eigenvalue weighted by Crippen LogP contribution is 2.12. The van der Waals surface area contributed by atoms with Crippen molar-refractivity contribution >= 4 is 10.0 Å². The topological polar surface area (TPSA) is 60.9 Å². The Kier molecular flexibility index (Phi) is 6.17. The molecule has 5 nitrogen and oxygen atoms in total. The zero-order valence-corrected chi connectivity index (χ0v) is 13.1. The minimum Gasteiger partial charge on any atom is -0.396 e. The maximum Gasteiger partial charge on any atom is 0.214 e. The maximum atomic E-state index is 12.2. The van der Waals surface area contributed by atoms with Crippen molar-refractivity contribution in [3.63, 3.8) is 0 Å². The second-order valence-corrected chi connectivity index (χ2v) is 7.50. The Morgan fingerprint density at radius 3 is 2.29 bits per heavy atom. The van der Waals surface area contributed by atoms with Crippen molar-refractivity contribution < 1.29 is 13.5 Å². The van der Waals surface area contributed by atoms with E-state index in [0.717, 1.165) is 19.6 Å². The van der Waals surface area contributed by atoms with Gasteiger partial charge in [-0.15, -0.1) is 0 Å². The van der Waals surface area contributed by atoms with Gasteiger partial charge in [0.15, 0.2) is 0 Å². The molecule has 0 aliphatic carbocycles. The number of piperazine rings is 1. The molecule has 0 radical (unpaired) electrons. The van der Waals surface area contributed by atoms with E-state index < -0.39 is 10.0 Å². The second kappa shape index (κ2) is 7.89. The van der Waals surface area contributed by atoms with Crippen molar-refractivity contribution in [2.75, 3.05) is 38.5 Å². The van der Waals surface area contributed by atoms with Gasteiger partial charge in [-0.2, -0.15) is 4.31 Å². The van der Waals surface area contributed by atoms with Crippen LogP contribution in [0.25, 0.3) is 0 Å². The lowest BCUT2D eigenvalue weighted by Crippen LogP contribution is -2.48. The van der Waals surface area contributed by atoms with E-state index >= 15 is 0 Å². The zero-order valence-electron chi connectivity index (χ0n) is 12.3. The second-order valence-electron chi connectivity index (χ2n) is 5.41. The van der Waals surface area contributed by atoms with E-state index in [-0.39, 0.29) is 12.4 Å². The van der Waals surface area contributed by atoms with Crippen LogP contribution in [0.4, 0.5) is 0 Å². The molecule has 0 spiro atoms. The van der Waals surface area contributed by atoms with Crippen molar-refractivity contribution in [2.45, 2.75) is 19.4 Å². The number of benzene rings is 1. The molecule has 1 fully saturated rings. The third kappa shape index (κ3) is 5.07. The lowest BCUT2D eigenvalue weighted by atomic mass is 10.2. The molecule has 0 amide bonds. The third-order valence-electron chi connectivity index (χ3n) is 3.78. The predicted molar refractivity (Wildman–Crippen MR) is 83.4 cm³/mol. The van der Waals surface area contributed by atoms with Crippen LogP contribution < -0.4 is 0 Å². The van der Waals surface area contributed by atoms with Gasteiger partial charge in [0, 0.05) is 39.3 Å². The van der Waals surface area contributed by atoms with E-state index in [2.05, 4.69) is 17.0 Å². The molecular formula is C15H24N2O3S. The van der Waals surface area contributed by atoms with Crippen molar-refractivity contribution in [3.05, 3.63) is 35.9 Å². The van der Waals surface area contributed by atoms with Crippen LogP contribution in [0.5, 0.6) is 0 Å². The molecule has 1 N–H and O–H groups in total. The first-order chi connectivity index (χ1) is 10.1. The van der Waals surface area contributed by atoms with Gasteiger partial charge in [0.25, 0.3) is 0 Å². The molecule has 1 aliphatic rings. The molecule has 21 heavy (non-hydrogen) atoms. The first-order valence-corrected chi connectivity index (χ1v) is 9.08. The largest absolute Gasteiger partial charge is 0.396 e. The van der Waals surface area contributed by atoms with Gasteiger partial charge in [0.2, 0.25) is 10.0 Å². The van der Waals surface area contributed by atoms with E-state index in [0.29, 0.717) is 25.9 Å². The maximum absolute atomic E-state index is 12.2. The van der Waals surface area contributed by atoms with E-state index in [1.165, 1.54) is 5.56 Å². The van der Waals surface area contributed by atoms with E-state index in [9.17, 15) is 8.42 Å². The monoisotopic (exact) mass is 312 g/mol. The molecule has 1 aliphatic heterocycles. The molecule has 1 aromatic rings. The fraction of sp³-hybridized carbons (Fsp3) is 0.600. The molecule has 0 atom stereocenters. The SMILES string of the molecule is O=S(=O)(CCCCO)N1CCN(Cc2ccccc2)CC1. The van der Waals surface area contributed by atoms with E-state index in [1.54, 1.807) is 4.31 Å². The summed E-state index contributed by atoms with van der Waals surface area (Å²) < 4.78 is 25.9. The molecule has 1 saturated heterocycles. The minimum absolute atomic E-state index is 0.0559. The number of aliphatic hydroxyl groups excluding tert-OH is 1. The number of aliphatic hydroxyl groups is 1. The number of sulfonamides is 1. The number of hydrogen-bond donors (Lipinski definition) is 1. The fourth-order valence-electron chi connectivity index (χ4n) is 2.53. The van der Waals surface area contributed by atoms with Gasteiger partial charge in [0.1, 0.15) is 0 Å². The summed E-state index contributed by atoms with van der Waals surface area (Å²) in [5.41, 5.74) is 1.26. The summed E-state index contributed by atoms with van der Waals surface area (Å²) in [7, 11) is -3.16. The summed E-state index contributed by atoms with van der Waals surface area (Å²) in [6.45, 7) is 3.60. The van der Waals surface area contributed by atoms with Crippen LogP contribution in [-0.2, 0) is 16.6 Å². The Morgan fingerprint density at radius 1 is 1.00 bits per heavy atom. The van der Waals surface area contributed by atoms with Gasteiger partial charge in [-0.05, 0) is 18.4 Å². The molecule has 0 saturated carbocycles. The standard InChI is InChI=1S/C15H24N2O3S/c18-12-4-5-13-21(19,20)17-10-8-16(9-11-17)14-15-6-2-1-3-7-15/h1-3,6-7,18H,4-5,8-14H2. The first kappa shape index (κ1) is 16.4. The van der Waals surface area contributed by atoms with Crippen molar-refractivity contribution in [1.29, 1.82) is 0 Å². The number of rotatable bonds is 7. The lowest BCUT2D eigenvalue weighted by Gasteiger charge is -2.34. The summed E-state index contributed by atoms with van der Waals surface area (Å²) in [5.74, 6) is 0.145. The summed E-state index contributed by atoms with van der Waals surface area (Å²) >= 11 is 0. The Bertz CT molecular complexity index is 511. The lowest BCUT2D eigenvalue weighted by molar-refractivity contribution is 0.181. The predicted octanol–water partition coefficient (Wildman–Crippen LogP) is 0.906. The Labute approximate surface area is 127 Å². The fourth-order valence-corrected chi connectivity index (χ4v) is 4.08. The number of unbranched alkanes of at least 4 members (excludes halogenated alkanes) is 1. The van der Waals surface area contributed by atoms with E-state index in [4.69, 9.17) is 5.11 Å². The van der Waals surface area contributed by atoms with Crippen LogP contribution >= 0.6 is 0 Å². The minimum atomic E-state index is -3.16. The van der Waals surface area contributed by atoms with Crippen LogP contribution in [0.3, 0.4) is 0 Å². The molecular weight excluding hydrogens is 288 g/mol. The average molecular weight is 312 g/mol. The Hall–Kier alpha value is -0.950. The highest BCUT2D eigenvalue weighted by Gasteiger charge is 2.26. The summed E-state index contributed by atoms with van der Waals surface area (Å²) in [6, 6.07) is 10.2. The average Bonchev–Trinajstić information content (AvgIpc) is 2.49. The van der Waals surface area contributed by atoms with Gasteiger partial charge >= 0.3 is 0 Å². The van der Waals surface area contributed by atoms with Gasteiger partial charge in [0.05, 0.1) is 5.75 Å². The van der Waals surface area contributed by atoms with Gasteiger partial charge < -0.3 is 5.11 Å². The summed E-state index contributed by atoms with van der Waals surface area (Å²) in [4.78, 5) is 2.29. The quantitative estimate of drug-likeness (QED) is 0.760. The van der Waals surface area contributed by atoms with Crippen LogP contribution in [-0.4, -0.2) is 61.3 Å². The molecule has 6 heteroatoms. The van der Waals surface area contributed by atoms with Crippen LogP contribution in [0, 0.1) is 0 Å². The number of nitrogens with zero attached hydrogens (tertiary/aromatic N) is 2. The molecule has 0 aromatic heterocycles. The number of hydrogen-bond acceptors (Lipinski definition) is 4. The molecule has 1 aromatic carbocycles. The van der Waals surface area contributed by atoms with Crippen molar-refractivity contribution in [2.24, 2.45) is 0 Å². The van der Waals surface area contributed by atoms with Gasteiger partial charge in [-0.25, -0.2) is 8.42 Å². The zero-order chi connectivity index (χ0) is 15.1.